The summed E-state index contributed by atoms with van der Waals surface area (Å²) >= 11 is 0. The number of nitrogens with zero attached hydrogens (tertiary/aromatic N) is 4. The Bertz CT molecular complexity index is 1570. The maximum absolute atomic E-state index is 12.4. The van der Waals surface area contributed by atoms with E-state index in [0.29, 0.717) is 33.8 Å². The average molecular weight is 525 g/mol. The SMILES string of the molecule is Cc1c(NC(=O)OCCN2C(=O)CCC2=O)cn2ncc(C#N)c(Nc3ccc(Oc4ccccc4)cc3)c12. The molecule has 0 bridgehead atoms. The van der Waals surface area contributed by atoms with Gasteiger partial charge in [0.1, 0.15) is 24.2 Å². The highest BCUT2D eigenvalue weighted by atomic mass is 16.5. The number of nitrogens with one attached hydrogen (secondary N) is 2. The minimum Gasteiger partial charge on any atom is -0.457 e. The van der Waals surface area contributed by atoms with Crippen LogP contribution >= 0.6 is 0 Å². The third-order valence-corrected chi connectivity index (χ3v) is 6.22. The van der Waals surface area contributed by atoms with Gasteiger partial charge in [0.05, 0.1) is 41.4 Å². The smallest absolute Gasteiger partial charge is 0.411 e. The number of fused-ring (bicyclic) bond motifs is 1. The highest BCUT2D eigenvalue weighted by Crippen LogP contribution is 2.33. The first kappa shape index (κ1) is 25.3. The molecule has 0 atom stereocenters. The Morgan fingerprint density at radius 1 is 1.05 bits per heavy atom. The molecule has 1 fully saturated rings. The van der Waals surface area contributed by atoms with Crippen LogP contribution in [0.25, 0.3) is 5.52 Å². The van der Waals surface area contributed by atoms with E-state index < -0.39 is 6.09 Å². The second-order valence-electron chi connectivity index (χ2n) is 8.77. The number of carbonyl (C=O) groups is 3. The Hall–Kier alpha value is -5.37. The van der Waals surface area contributed by atoms with Crippen molar-refractivity contribution in [2.75, 3.05) is 23.8 Å². The number of anilines is 3. The summed E-state index contributed by atoms with van der Waals surface area (Å²) in [7, 11) is 0. The number of para-hydroxylation sites is 1. The summed E-state index contributed by atoms with van der Waals surface area (Å²) in [6.07, 6.45) is 2.68. The van der Waals surface area contributed by atoms with Gasteiger partial charge in [0.25, 0.3) is 0 Å². The predicted octanol–water partition coefficient (Wildman–Crippen LogP) is 4.75. The van der Waals surface area contributed by atoms with Crippen LogP contribution in [0.1, 0.15) is 24.0 Å². The van der Waals surface area contributed by atoms with E-state index in [1.807, 2.05) is 54.6 Å². The van der Waals surface area contributed by atoms with Gasteiger partial charge in [-0.1, -0.05) is 18.2 Å². The van der Waals surface area contributed by atoms with Crippen LogP contribution in [0.2, 0.25) is 0 Å². The minimum atomic E-state index is -0.739. The molecule has 2 aromatic heterocycles. The molecule has 2 aromatic carbocycles. The molecule has 2 N–H and O–H groups in total. The van der Waals surface area contributed by atoms with E-state index in [1.165, 1.54) is 6.20 Å². The zero-order valence-corrected chi connectivity index (χ0v) is 21.0. The lowest BCUT2D eigenvalue weighted by atomic mass is 10.1. The monoisotopic (exact) mass is 524 g/mol. The fraction of sp³-hybridized carbons (Fsp3) is 0.179. The topological polar surface area (TPSA) is 138 Å². The molecule has 196 valence electrons. The van der Waals surface area contributed by atoms with Crippen LogP contribution in [-0.4, -0.2) is 45.6 Å². The number of likely N-dealkylation sites (tertiary alicyclic amines) is 1. The largest absolute Gasteiger partial charge is 0.457 e. The van der Waals surface area contributed by atoms with Gasteiger partial charge in [0.15, 0.2) is 0 Å². The molecule has 0 spiro atoms. The highest BCUT2D eigenvalue weighted by Gasteiger charge is 2.28. The maximum Gasteiger partial charge on any atom is 0.411 e. The summed E-state index contributed by atoms with van der Waals surface area (Å²) in [5.74, 6) is 0.850. The third kappa shape index (κ3) is 5.50. The van der Waals surface area contributed by atoms with Crippen molar-refractivity contribution in [3.05, 3.63) is 78.1 Å². The van der Waals surface area contributed by atoms with E-state index in [4.69, 9.17) is 9.47 Å². The van der Waals surface area contributed by atoms with Gasteiger partial charge in [0.2, 0.25) is 11.8 Å². The molecule has 3 heterocycles. The number of ether oxygens (including phenoxy) is 2. The summed E-state index contributed by atoms with van der Waals surface area (Å²) in [6, 6.07) is 18.9. The summed E-state index contributed by atoms with van der Waals surface area (Å²) < 4.78 is 12.6. The quantitative estimate of drug-likeness (QED) is 0.315. The van der Waals surface area contributed by atoms with Crippen LogP contribution in [0.3, 0.4) is 0 Å². The molecular formula is C28H24N6O5. The number of carbonyl (C=O) groups excluding carboxylic acids is 3. The lowest BCUT2D eigenvalue weighted by Crippen LogP contribution is -2.33. The van der Waals surface area contributed by atoms with E-state index in [1.54, 1.807) is 17.6 Å². The molecule has 0 saturated carbocycles. The number of imide groups is 1. The molecule has 11 heteroatoms. The van der Waals surface area contributed by atoms with E-state index in [9.17, 15) is 19.6 Å². The van der Waals surface area contributed by atoms with Crippen molar-refractivity contribution < 1.29 is 23.9 Å². The fourth-order valence-corrected chi connectivity index (χ4v) is 4.25. The van der Waals surface area contributed by atoms with Gasteiger partial charge in [-0.3, -0.25) is 19.8 Å². The molecule has 39 heavy (non-hydrogen) atoms. The van der Waals surface area contributed by atoms with Crippen LogP contribution in [0.15, 0.2) is 67.0 Å². The molecule has 11 nitrogen and oxygen atoms in total. The first-order valence-corrected chi connectivity index (χ1v) is 12.2. The summed E-state index contributed by atoms with van der Waals surface area (Å²) in [5.41, 5.74) is 3.26. The number of benzene rings is 2. The van der Waals surface area contributed by atoms with Crippen LogP contribution in [0, 0.1) is 18.3 Å². The number of aromatic nitrogens is 2. The predicted molar refractivity (Wildman–Crippen MR) is 142 cm³/mol. The molecule has 3 amide bonds. The lowest BCUT2D eigenvalue weighted by molar-refractivity contribution is -0.138. The number of hydrogen-bond donors (Lipinski definition) is 2. The van der Waals surface area contributed by atoms with E-state index in [-0.39, 0.29) is 37.8 Å². The summed E-state index contributed by atoms with van der Waals surface area (Å²) in [4.78, 5) is 36.9. The van der Waals surface area contributed by atoms with Gasteiger partial charge >= 0.3 is 6.09 Å². The van der Waals surface area contributed by atoms with Crippen LogP contribution in [-0.2, 0) is 14.3 Å². The summed E-state index contributed by atoms with van der Waals surface area (Å²) in [6.45, 7) is 1.68. The van der Waals surface area contributed by atoms with Gasteiger partial charge < -0.3 is 14.8 Å². The molecule has 5 rings (SSSR count). The van der Waals surface area contributed by atoms with Crippen LogP contribution in [0.4, 0.5) is 21.9 Å². The van der Waals surface area contributed by atoms with Gasteiger partial charge in [0, 0.05) is 24.1 Å². The van der Waals surface area contributed by atoms with Crippen molar-refractivity contribution in [3.8, 4) is 17.6 Å². The van der Waals surface area contributed by atoms with Crippen molar-refractivity contribution in [1.82, 2.24) is 14.5 Å². The normalized spacial score (nSPS) is 12.9. The molecule has 1 saturated heterocycles. The van der Waals surface area contributed by atoms with Gasteiger partial charge in [-0.05, 0) is 43.3 Å². The number of rotatable bonds is 8. The highest BCUT2D eigenvalue weighted by molar-refractivity contribution is 6.02. The van der Waals surface area contributed by atoms with Gasteiger partial charge in [-0.25, -0.2) is 9.31 Å². The Kier molecular flexibility index (Phi) is 7.09. The average Bonchev–Trinajstić information content (AvgIpc) is 3.43. The first-order valence-electron chi connectivity index (χ1n) is 12.2. The van der Waals surface area contributed by atoms with Crippen molar-refractivity contribution in [2.24, 2.45) is 0 Å². The standard InChI is InChI=1S/C28H24N6O5/c1-18-23(32-28(37)38-14-13-33-24(35)11-12-25(33)36)17-34-27(18)26(19(15-29)16-30-34)31-20-7-9-22(10-8-20)39-21-5-3-2-4-6-21/h2-10,16-17,31H,11-14H2,1H3,(H,32,37). The zero-order chi connectivity index (χ0) is 27.4. The van der Waals surface area contributed by atoms with Crippen molar-refractivity contribution in [2.45, 2.75) is 19.8 Å². The number of aryl methyl sites for hydroxylation is 1. The van der Waals surface area contributed by atoms with Crippen molar-refractivity contribution in [3.63, 3.8) is 0 Å². The number of hydrogen-bond acceptors (Lipinski definition) is 8. The van der Waals surface area contributed by atoms with E-state index in [0.717, 1.165) is 16.3 Å². The molecule has 4 aromatic rings. The second-order valence-corrected chi connectivity index (χ2v) is 8.77. The van der Waals surface area contributed by atoms with Crippen molar-refractivity contribution >= 4 is 40.5 Å². The number of amides is 3. The first-order chi connectivity index (χ1) is 18.9. The molecular weight excluding hydrogens is 500 g/mol. The Morgan fingerprint density at radius 3 is 2.44 bits per heavy atom. The molecule has 1 aliphatic rings. The molecule has 1 aliphatic heterocycles. The van der Waals surface area contributed by atoms with E-state index in [2.05, 4.69) is 21.8 Å². The van der Waals surface area contributed by atoms with Gasteiger partial charge in [-0.15, -0.1) is 0 Å². The second kappa shape index (κ2) is 10.9. The number of nitriles is 1. The Labute approximate surface area is 223 Å². The fourth-order valence-electron chi connectivity index (χ4n) is 4.25. The van der Waals surface area contributed by atoms with Crippen LogP contribution in [0.5, 0.6) is 11.5 Å². The van der Waals surface area contributed by atoms with Crippen LogP contribution < -0.4 is 15.4 Å². The molecule has 0 unspecified atom stereocenters. The van der Waals surface area contributed by atoms with Gasteiger partial charge in [-0.2, -0.15) is 10.4 Å². The lowest BCUT2D eigenvalue weighted by Gasteiger charge is -2.13. The summed E-state index contributed by atoms with van der Waals surface area (Å²) in [5, 5.41) is 20.0. The van der Waals surface area contributed by atoms with E-state index >= 15 is 0 Å². The Morgan fingerprint density at radius 2 is 1.74 bits per heavy atom. The maximum atomic E-state index is 12.4. The van der Waals surface area contributed by atoms with Crippen molar-refractivity contribution in [1.29, 1.82) is 5.26 Å². The minimum absolute atomic E-state index is 0.0120. The zero-order valence-electron chi connectivity index (χ0n) is 21.0. The molecule has 0 aliphatic carbocycles. The molecule has 0 radical (unpaired) electrons. The Balaban J connectivity index is 1.30. The third-order valence-electron chi connectivity index (χ3n) is 6.22.